The highest BCUT2D eigenvalue weighted by molar-refractivity contribution is 7.90. The van der Waals surface area contributed by atoms with Crippen LogP contribution in [0.1, 0.15) is 71.3 Å². The third kappa shape index (κ3) is 3.02. The molecule has 2 atom stereocenters. The first-order chi connectivity index (χ1) is 14.4. The monoisotopic (exact) mass is 429 g/mol. The van der Waals surface area contributed by atoms with Gasteiger partial charge in [0.15, 0.2) is 10.6 Å². The van der Waals surface area contributed by atoms with Gasteiger partial charge in [-0.2, -0.15) is 5.10 Å². The second-order valence-electron chi connectivity index (χ2n) is 8.42. The van der Waals surface area contributed by atoms with Gasteiger partial charge in [-0.3, -0.25) is 4.79 Å². The Labute approximate surface area is 176 Å². The van der Waals surface area contributed by atoms with Crippen LogP contribution in [-0.2, 0) is 35.7 Å². The molecule has 2 heterocycles. The maximum atomic E-state index is 13.4. The number of fused-ring (bicyclic) bond motifs is 3. The number of nitrogens with two attached hydrogens (primary N) is 1. The molecule has 5 rings (SSSR count). The fourth-order valence-corrected chi connectivity index (χ4v) is 6.07. The normalized spacial score (nSPS) is 21.3. The van der Waals surface area contributed by atoms with Crippen molar-refractivity contribution in [2.45, 2.75) is 69.2 Å². The smallest absolute Gasteiger partial charge is 0.277 e. The third-order valence-electron chi connectivity index (χ3n) is 6.56. The summed E-state index contributed by atoms with van der Waals surface area (Å²) < 4.78 is 27.5. The van der Waals surface area contributed by atoms with E-state index in [-0.39, 0.29) is 16.5 Å². The number of aromatic nitrogens is 2. The molecule has 30 heavy (non-hydrogen) atoms. The van der Waals surface area contributed by atoms with Gasteiger partial charge in [0.2, 0.25) is 5.88 Å². The van der Waals surface area contributed by atoms with E-state index in [1.165, 1.54) is 26.9 Å². The van der Waals surface area contributed by atoms with E-state index in [0.717, 1.165) is 50.6 Å². The average Bonchev–Trinajstić information content (AvgIpc) is 3.42. The van der Waals surface area contributed by atoms with Gasteiger partial charge in [-0.05, 0) is 66.7 Å². The highest BCUT2D eigenvalue weighted by Gasteiger charge is 2.34. The first kappa shape index (κ1) is 19.6. The summed E-state index contributed by atoms with van der Waals surface area (Å²) in [6.45, 7) is 3.15. The first-order valence-electron chi connectivity index (χ1n) is 10.7. The minimum Gasteiger partial charge on any atom is -0.477 e. The second-order valence-corrected chi connectivity index (χ2v) is 10.0. The Morgan fingerprint density at radius 2 is 2.20 bits per heavy atom. The maximum Gasteiger partial charge on any atom is 0.277 e. The van der Waals surface area contributed by atoms with Crippen LogP contribution in [0, 0.1) is 4.78 Å². The Balaban J connectivity index is 1.61. The van der Waals surface area contributed by atoms with Gasteiger partial charge >= 0.3 is 0 Å². The van der Waals surface area contributed by atoms with Gasteiger partial charge in [0.05, 0.1) is 6.61 Å². The van der Waals surface area contributed by atoms with Gasteiger partial charge in [-0.1, -0.05) is 13.0 Å². The summed E-state index contributed by atoms with van der Waals surface area (Å²) in [6, 6.07) is 2.33. The topological polar surface area (TPSA) is 123 Å². The van der Waals surface area contributed by atoms with Crippen LogP contribution in [0.3, 0.4) is 0 Å². The molecule has 2 aliphatic carbocycles. The molecule has 4 N–H and O–H groups in total. The maximum absolute atomic E-state index is 13.4. The van der Waals surface area contributed by atoms with E-state index in [4.69, 9.17) is 14.7 Å². The molecule has 0 spiro atoms. The summed E-state index contributed by atoms with van der Waals surface area (Å²) in [6.07, 6.45) is 6.94. The molecular formula is C21H27N5O3S. The van der Waals surface area contributed by atoms with Crippen molar-refractivity contribution in [2.24, 2.45) is 5.14 Å². The lowest BCUT2D eigenvalue weighted by Crippen LogP contribution is -2.21. The number of hydrogen-bond acceptors (Lipinski definition) is 5. The Morgan fingerprint density at radius 1 is 1.37 bits per heavy atom. The summed E-state index contributed by atoms with van der Waals surface area (Å²) in [4.78, 5) is 13.3. The molecule has 1 amide bonds. The number of carbonyl (C=O) groups excluding carboxylic acids is 1. The molecule has 8 nitrogen and oxygen atoms in total. The number of hydrogen-bond donors (Lipinski definition) is 3. The van der Waals surface area contributed by atoms with E-state index in [9.17, 15) is 9.00 Å². The van der Waals surface area contributed by atoms with Crippen molar-refractivity contribution < 1.29 is 13.7 Å². The summed E-state index contributed by atoms with van der Waals surface area (Å²) in [7, 11) is -3.68. The zero-order valence-corrected chi connectivity index (χ0v) is 17.9. The van der Waals surface area contributed by atoms with Gasteiger partial charge in [-0.25, -0.2) is 18.8 Å². The predicted octanol–water partition coefficient (Wildman–Crippen LogP) is 3.13. The van der Waals surface area contributed by atoms with E-state index in [1.807, 2.05) is 0 Å². The molecule has 1 aliphatic heterocycles. The van der Waals surface area contributed by atoms with Crippen LogP contribution >= 0.6 is 0 Å². The Kier molecular flexibility index (Phi) is 4.62. The molecular weight excluding hydrogens is 402 g/mol. The number of aryl methyl sites for hydroxylation is 3. The molecule has 3 aliphatic rings. The number of rotatable bonds is 4. The third-order valence-corrected chi connectivity index (χ3v) is 7.54. The number of anilines is 1. The quantitative estimate of drug-likeness (QED) is 0.691. The van der Waals surface area contributed by atoms with Crippen LogP contribution in [0.2, 0.25) is 0 Å². The Bertz CT molecular complexity index is 1150. The largest absolute Gasteiger partial charge is 0.477 e. The van der Waals surface area contributed by atoms with Crippen LogP contribution < -0.4 is 15.2 Å². The van der Waals surface area contributed by atoms with Gasteiger partial charge in [0.25, 0.3) is 5.91 Å². The van der Waals surface area contributed by atoms with Crippen molar-refractivity contribution in [3.8, 4) is 5.88 Å². The summed E-state index contributed by atoms with van der Waals surface area (Å²) in [5.74, 6) is 0.142. The highest BCUT2D eigenvalue weighted by atomic mass is 32.2. The van der Waals surface area contributed by atoms with Gasteiger partial charge in [0.1, 0.15) is 9.92 Å². The lowest BCUT2D eigenvalue weighted by Gasteiger charge is -2.19. The van der Waals surface area contributed by atoms with Crippen LogP contribution in [0.25, 0.3) is 0 Å². The number of nitrogens with zero attached hydrogens (tertiary/aromatic N) is 2. The fourth-order valence-electron chi connectivity index (χ4n) is 5.22. The molecule has 1 unspecified atom stereocenters. The molecule has 0 saturated heterocycles. The van der Waals surface area contributed by atoms with Crippen molar-refractivity contribution in [1.29, 1.82) is 4.78 Å². The minimum atomic E-state index is -3.68. The summed E-state index contributed by atoms with van der Waals surface area (Å²) in [5.41, 5.74) is 5.94. The molecule has 2 aromatic rings. The van der Waals surface area contributed by atoms with Crippen molar-refractivity contribution in [3.05, 3.63) is 34.0 Å². The number of carbonyl (C=O) groups is 1. The van der Waals surface area contributed by atoms with Crippen LogP contribution in [0.4, 0.5) is 5.69 Å². The van der Waals surface area contributed by atoms with Crippen LogP contribution in [-0.4, -0.2) is 26.5 Å². The number of benzene rings is 1. The van der Waals surface area contributed by atoms with Gasteiger partial charge in [-0.15, -0.1) is 0 Å². The van der Waals surface area contributed by atoms with E-state index < -0.39 is 15.8 Å². The van der Waals surface area contributed by atoms with Crippen molar-refractivity contribution >= 4 is 21.5 Å². The van der Waals surface area contributed by atoms with E-state index in [2.05, 4.69) is 23.4 Å². The molecule has 160 valence electrons. The first-order valence-corrected chi connectivity index (χ1v) is 12.3. The van der Waals surface area contributed by atoms with Gasteiger partial charge < -0.3 is 10.1 Å². The van der Waals surface area contributed by atoms with Crippen molar-refractivity contribution in [2.75, 3.05) is 11.9 Å². The standard InChI is InChI=1S/C21H27N5O3S/c1-2-12-7-8-14-11-13-5-3-6-15(13)17(16(12)14)24-20(27)18-19(30(22,23)28)21-26(25-18)9-4-10-29-21/h11-12H,2-10H2,1H3,(H,24,27)(H3,22,23,28)/t12-/m1/s1. The fraction of sp³-hybridized carbons (Fsp3) is 0.524. The van der Waals surface area contributed by atoms with Crippen molar-refractivity contribution in [3.63, 3.8) is 0 Å². The molecule has 0 fully saturated rings. The second kappa shape index (κ2) is 7.09. The summed E-state index contributed by atoms with van der Waals surface area (Å²) in [5, 5.41) is 13.1. The van der Waals surface area contributed by atoms with Crippen LogP contribution in [0.5, 0.6) is 5.88 Å². The van der Waals surface area contributed by atoms with E-state index in [1.54, 1.807) is 0 Å². The van der Waals surface area contributed by atoms with Crippen molar-refractivity contribution in [1.82, 2.24) is 9.78 Å². The molecule has 0 bridgehead atoms. The van der Waals surface area contributed by atoms with E-state index in [0.29, 0.717) is 19.1 Å². The number of ether oxygens (including phenoxy) is 1. The van der Waals surface area contributed by atoms with Crippen LogP contribution in [0.15, 0.2) is 11.0 Å². The SMILES string of the molecule is CC[C@@H]1CCc2cc3c(c(NC(=O)c4nn5c(c4S(=N)(N)=O)OCCC5)c21)CCC3. The van der Waals surface area contributed by atoms with E-state index >= 15 is 0 Å². The molecule has 9 heteroatoms. The predicted molar refractivity (Wildman–Crippen MR) is 113 cm³/mol. The zero-order valence-electron chi connectivity index (χ0n) is 17.1. The average molecular weight is 430 g/mol. The summed E-state index contributed by atoms with van der Waals surface area (Å²) >= 11 is 0. The lowest BCUT2D eigenvalue weighted by molar-refractivity contribution is 0.101. The molecule has 1 aromatic carbocycles. The lowest BCUT2D eigenvalue weighted by atomic mass is 9.92. The highest BCUT2D eigenvalue weighted by Crippen LogP contribution is 2.45. The molecule has 1 aromatic heterocycles. The molecule has 0 saturated carbocycles. The number of nitrogens with one attached hydrogen (secondary N) is 2. The Hall–Kier alpha value is -2.39. The Morgan fingerprint density at radius 3 is 2.97 bits per heavy atom. The number of amides is 1. The molecule has 0 radical (unpaired) electrons. The zero-order chi connectivity index (χ0) is 21.0. The van der Waals surface area contributed by atoms with Gasteiger partial charge in [0, 0.05) is 18.7 Å². The minimum absolute atomic E-state index is 0.0650.